The maximum atomic E-state index is 7.77. The zero-order valence-corrected chi connectivity index (χ0v) is 12.5. The largest absolute Gasteiger partial charge is 0.456 e. The van der Waals surface area contributed by atoms with Gasteiger partial charge in [-0.15, -0.1) is 11.8 Å². The van der Waals surface area contributed by atoms with E-state index >= 15 is 0 Å². The van der Waals surface area contributed by atoms with Crippen LogP contribution in [0.4, 0.5) is 0 Å². The smallest absolute Gasteiger partial charge is 0.139 e. The predicted molar refractivity (Wildman–Crippen MR) is 85.1 cm³/mol. The fourth-order valence-electron chi connectivity index (χ4n) is 2.05. The van der Waals surface area contributed by atoms with Gasteiger partial charge in [-0.3, -0.25) is 5.41 Å². The van der Waals surface area contributed by atoms with Crippen molar-refractivity contribution in [1.82, 2.24) is 0 Å². The van der Waals surface area contributed by atoms with Crippen molar-refractivity contribution in [2.75, 3.05) is 6.26 Å². The Balaban J connectivity index is 2.46. The second kappa shape index (κ2) is 6.48. The average Bonchev–Trinajstić information content (AvgIpc) is 2.47. The molecule has 2 aromatic carbocycles. The molecule has 0 spiro atoms. The van der Waals surface area contributed by atoms with Gasteiger partial charge in [-0.05, 0) is 36.4 Å². The van der Waals surface area contributed by atoms with E-state index in [-0.39, 0.29) is 5.84 Å². The Kier molecular flexibility index (Phi) is 4.69. The lowest BCUT2D eigenvalue weighted by atomic mass is 10.1. The second-order valence-electron chi connectivity index (χ2n) is 4.31. The van der Waals surface area contributed by atoms with E-state index in [0.29, 0.717) is 11.3 Å². The molecule has 0 aliphatic heterocycles. The van der Waals surface area contributed by atoms with Gasteiger partial charge in [-0.1, -0.05) is 31.2 Å². The van der Waals surface area contributed by atoms with Crippen LogP contribution in [0.5, 0.6) is 11.5 Å². The summed E-state index contributed by atoms with van der Waals surface area (Å²) >= 11 is 1.56. The molecule has 0 heterocycles. The number of thioether (sulfide) groups is 1. The molecule has 4 heteroatoms. The summed E-state index contributed by atoms with van der Waals surface area (Å²) in [5.41, 5.74) is 7.50. The minimum Gasteiger partial charge on any atom is -0.456 e. The van der Waals surface area contributed by atoms with Crippen LogP contribution < -0.4 is 10.5 Å². The summed E-state index contributed by atoms with van der Waals surface area (Å²) in [4.78, 5) is 0.948. The summed E-state index contributed by atoms with van der Waals surface area (Å²) in [5.74, 6) is 1.47. The van der Waals surface area contributed by atoms with Crippen LogP contribution in [0.3, 0.4) is 0 Å². The van der Waals surface area contributed by atoms with E-state index in [2.05, 4.69) is 6.92 Å². The molecular weight excluding hydrogens is 268 g/mol. The second-order valence-corrected chi connectivity index (χ2v) is 5.16. The molecular formula is C16H18N2OS. The monoisotopic (exact) mass is 286 g/mol. The van der Waals surface area contributed by atoms with Gasteiger partial charge in [0.2, 0.25) is 0 Å². The van der Waals surface area contributed by atoms with E-state index in [0.717, 1.165) is 22.6 Å². The number of nitrogen functional groups attached to an aromatic ring is 1. The van der Waals surface area contributed by atoms with Crippen molar-refractivity contribution in [3.05, 3.63) is 53.6 Å². The standard InChI is InChI=1S/C16H18N2OS/c1-3-11-7-4-5-8-12(11)19-13-9-6-10-14(20-2)15(13)16(17)18/h4-10H,3H2,1-2H3,(H3,17,18). The highest BCUT2D eigenvalue weighted by molar-refractivity contribution is 7.98. The Labute approximate surface area is 123 Å². The number of amidine groups is 1. The maximum absolute atomic E-state index is 7.77. The molecule has 0 bridgehead atoms. The Bertz CT molecular complexity index is 626. The third-order valence-electron chi connectivity index (χ3n) is 3.05. The summed E-state index contributed by atoms with van der Waals surface area (Å²) in [7, 11) is 0. The quantitative estimate of drug-likeness (QED) is 0.495. The van der Waals surface area contributed by atoms with Crippen LogP contribution in [0.25, 0.3) is 0 Å². The number of nitrogens with one attached hydrogen (secondary N) is 1. The van der Waals surface area contributed by atoms with Crippen molar-refractivity contribution in [1.29, 1.82) is 5.41 Å². The summed E-state index contributed by atoms with van der Waals surface area (Å²) in [6.45, 7) is 2.09. The minimum atomic E-state index is 0.0268. The summed E-state index contributed by atoms with van der Waals surface area (Å²) in [6.07, 6.45) is 2.86. The molecule has 0 radical (unpaired) electrons. The Hall–Kier alpha value is -1.94. The molecule has 3 nitrogen and oxygen atoms in total. The molecule has 0 aliphatic carbocycles. The Morgan fingerprint density at radius 1 is 1.15 bits per heavy atom. The number of nitrogens with two attached hydrogens (primary N) is 1. The lowest BCUT2D eigenvalue weighted by Gasteiger charge is -2.15. The minimum absolute atomic E-state index is 0.0268. The number of hydrogen-bond donors (Lipinski definition) is 2. The van der Waals surface area contributed by atoms with Crippen LogP contribution in [0, 0.1) is 5.41 Å². The number of aryl methyl sites for hydroxylation is 1. The van der Waals surface area contributed by atoms with Crippen molar-refractivity contribution in [3.8, 4) is 11.5 Å². The van der Waals surface area contributed by atoms with E-state index in [1.807, 2.05) is 48.7 Å². The predicted octanol–water partition coefficient (Wildman–Crippen LogP) is 4.05. The molecule has 0 aromatic heterocycles. The lowest BCUT2D eigenvalue weighted by Crippen LogP contribution is -2.13. The van der Waals surface area contributed by atoms with Gasteiger partial charge in [0, 0.05) is 4.90 Å². The van der Waals surface area contributed by atoms with Crippen LogP contribution >= 0.6 is 11.8 Å². The van der Waals surface area contributed by atoms with Crippen LogP contribution in [-0.2, 0) is 6.42 Å². The molecule has 0 atom stereocenters. The van der Waals surface area contributed by atoms with Gasteiger partial charge in [-0.2, -0.15) is 0 Å². The molecule has 0 fully saturated rings. The van der Waals surface area contributed by atoms with Crippen LogP contribution in [0.2, 0.25) is 0 Å². The first-order chi connectivity index (χ1) is 9.67. The first-order valence-corrected chi connectivity index (χ1v) is 7.67. The first kappa shape index (κ1) is 14.5. The van der Waals surface area contributed by atoms with Gasteiger partial charge in [0.15, 0.2) is 0 Å². The lowest BCUT2D eigenvalue weighted by molar-refractivity contribution is 0.474. The molecule has 3 N–H and O–H groups in total. The van der Waals surface area contributed by atoms with E-state index in [9.17, 15) is 0 Å². The highest BCUT2D eigenvalue weighted by Gasteiger charge is 2.13. The van der Waals surface area contributed by atoms with Gasteiger partial charge in [0.1, 0.15) is 17.3 Å². The van der Waals surface area contributed by atoms with Crippen LogP contribution in [0.1, 0.15) is 18.1 Å². The van der Waals surface area contributed by atoms with Crippen molar-refractivity contribution in [2.45, 2.75) is 18.2 Å². The topological polar surface area (TPSA) is 59.1 Å². The van der Waals surface area contributed by atoms with Crippen molar-refractivity contribution in [3.63, 3.8) is 0 Å². The molecule has 0 aliphatic rings. The fraction of sp³-hybridized carbons (Fsp3) is 0.188. The van der Waals surface area contributed by atoms with Gasteiger partial charge >= 0.3 is 0 Å². The van der Waals surface area contributed by atoms with Gasteiger partial charge < -0.3 is 10.5 Å². The number of rotatable bonds is 5. The molecule has 104 valence electrons. The third kappa shape index (κ3) is 2.96. The number of benzene rings is 2. The first-order valence-electron chi connectivity index (χ1n) is 6.44. The molecule has 2 rings (SSSR count). The molecule has 20 heavy (non-hydrogen) atoms. The summed E-state index contributed by atoms with van der Waals surface area (Å²) < 4.78 is 6.00. The summed E-state index contributed by atoms with van der Waals surface area (Å²) in [6, 6.07) is 13.6. The molecule has 2 aromatic rings. The number of para-hydroxylation sites is 1. The zero-order chi connectivity index (χ0) is 14.5. The number of ether oxygens (including phenoxy) is 1. The van der Waals surface area contributed by atoms with E-state index in [1.54, 1.807) is 11.8 Å². The van der Waals surface area contributed by atoms with Crippen LogP contribution in [-0.4, -0.2) is 12.1 Å². The van der Waals surface area contributed by atoms with Crippen molar-refractivity contribution < 1.29 is 4.74 Å². The average molecular weight is 286 g/mol. The molecule has 0 saturated carbocycles. The zero-order valence-electron chi connectivity index (χ0n) is 11.6. The SMILES string of the molecule is CCc1ccccc1Oc1cccc(SC)c1C(=N)N. The summed E-state index contributed by atoms with van der Waals surface area (Å²) in [5, 5.41) is 7.77. The molecule has 0 saturated heterocycles. The van der Waals surface area contributed by atoms with E-state index in [1.165, 1.54) is 0 Å². The van der Waals surface area contributed by atoms with E-state index in [4.69, 9.17) is 15.9 Å². The molecule has 0 amide bonds. The number of hydrogen-bond acceptors (Lipinski definition) is 3. The van der Waals surface area contributed by atoms with Gasteiger partial charge in [0.25, 0.3) is 0 Å². The van der Waals surface area contributed by atoms with Crippen molar-refractivity contribution in [2.24, 2.45) is 5.73 Å². The third-order valence-corrected chi connectivity index (χ3v) is 3.83. The molecule has 0 unspecified atom stereocenters. The maximum Gasteiger partial charge on any atom is 0.139 e. The van der Waals surface area contributed by atoms with Crippen molar-refractivity contribution >= 4 is 17.6 Å². The van der Waals surface area contributed by atoms with Gasteiger partial charge in [-0.25, -0.2) is 0 Å². The fourth-order valence-corrected chi connectivity index (χ4v) is 2.67. The Morgan fingerprint density at radius 2 is 1.85 bits per heavy atom. The normalized spacial score (nSPS) is 10.3. The van der Waals surface area contributed by atoms with Gasteiger partial charge in [0.05, 0.1) is 5.56 Å². The van der Waals surface area contributed by atoms with E-state index < -0.39 is 0 Å². The van der Waals surface area contributed by atoms with Crippen LogP contribution in [0.15, 0.2) is 47.4 Å². The highest BCUT2D eigenvalue weighted by Crippen LogP contribution is 2.33. The Morgan fingerprint density at radius 3 is 2.50 bits per heavy atom. The highest BCUT2D eigenvalue weighted by atomic mass is 32.2.